The van der Waals surface area contributed by atoms with Crippen LogP contribution in [0.4, 0.5) is 0 Å². The number of hydrogen-bond acceptors (Lipinski definition) is 4. The van der Waals surface area contributed by atoms with Crippen LogP contribution in [-0.4, -0.2) is 9.97 Å². The molecule has 1 atom stereocenters. The van der Waals surface area contributed by atoms with E-state index in [1.165, 1.54) is 17.4 Å². The standard InChI is InChI=1S/C14H9N3OS/c15-8-10(9-5-6-16-13(18)7-9)14-17-11-3-1-2-4-12(11)19-14/h1-7,10H,(H,16,18). The summed E-state index contributed by atoms with van der Waals surface area (Å²) in [7, 11) is 0. The fourth-order valence-electron chi connectivity index (χ4n) is 1.93. The molecule has 0 radical (unpaired) electrons. The van der Waals surface area contributed by atoms with Crippen molar-refractivity contribution >= 4 is 21.6 Å². The highest BCUT2D eigenvalue weighted by Crippen LogP contribution is 2.30. The van der Waals surface area contributed by atoms with Gasteiger partial charge in [0.15, 0.2) is 0 Å². The van der Waals surface area contributed by atoms with Gasteiger partial charge in [-0.25, -0.2) is 4.98 Å². The third kappa shape index (κ3) is 2.14. The van der Waals surface area contributed by atoms with E-state index in [-0.39, 0.29) is 5.56 Å². The molecule has 92 valence electrons. The van der Waals surface area contributed by atoms with Crippen LogP contribution in [0.25, 0.3) is 10.2 Å². The SMILES string of the molecule is N#CC(c1cc[nH]c(=O)c1)c1nc2ccccc2s1. The van der Waals surface area contributed by atoms with Crippen LogP contribution in [0.15, 0.2) is 47.4 Å². The zero-order chi connectivity index (χ0) is 13.2. The van der Waals surface area contributed by atoms with Crippen LogP contribution in [0.5, 0.6) is 0 Å². The fraction of sp³-hybridized carbons (Fsp3) is 0.0714. The molecule has 5 heteroatoms. The quantitative estimate of drug-likeness (QED) is 0.776. The van der Waals surface area contributed by atoms with Gasteiger partial charge in [0, 0.05) is 12.3 Å². The van der Waals surface area contributed by atoms with Gasteiger partial charge in [-0.1, -0.05) is 12.1 Å². The first-order valence-electron chi connectivity index (χ1n) is 5.71. The highest BCUT2D eigenvalue weighted by atomic mass is 32.1. The molecular weight excluding hydrogens is 258 g/mol. The summed E-state index contributed by atoms with van der Waals surface area (Å²) < 4.78 is 1.04. The number of aromatic amines is 1. The van der Waals surface area contributed by atoms with Crippen molar-refractivity contribution in [3.05, 3.63) is 63.5 Å². The molecule has 4 nitrogen and oxygen atoms in total. The Morgan fingerprint density at radius 3 is 2.89 bits per heavy atom. The van der Waals surface area contributed by atoms with Gasteiger partial charge in [0.25, 0.3) is 0 Å². The molecule has 0 saturated heterocycles. The lowest BCUT2D eigenvalue weighted by Crippen LogP contribution is -2.07. The smallest absolute Gasteiger partial charge is 0.248 e. The predicted octanol–water partition coefficient (Wildman–Crippen LogP) is 2.64. The number of fused-ring (bicyclic) bond motifs is 1. The predicted molar refractivity (Wildman–Crippen MR) is 74.1 cm³/mol. The third-order valence-corrected chi connectivity index (χ3v) is 3.92. The van der Waals surface area contributed by atoms with E-state index in [1.54, 1.807) is 12.3 Å². The number of nitrogens with one attached hydrogen (secondary N) is 1. The number of pyridine rings is 1. The van der Waals surface area contributed by atoms with Crippen molar-refractivity contribution in [1.29, 1.82) is 5.26 Å². The van der Waals surface area contributed by atoms with Gasteiger partial charge in [-0.15, -0.1) is 11.3 Å². The lowest BCUT2D eigenvalue weighted by atomic mass is 10.0. The number of H-pyrrole nitrogens is 1. The molecule has 1 unspecified atom stereocenters. The second kappa shape index (κ2) is 4.67. The number of aromatic nitrogens is 2. The Balaban J connectivity index is 2.12. The number of nitrogens with zero attached hydrogens (tertiary/aromatic N) is 2. The van der Waals surface area contributed by atoms with Crippen molar-refractivity contribution in [2.75, 3.05) is 0 Å². The van der Waals surface area contributed by atoms with Crippen LogP contribution >= 0.6 is 11.3 Å². The van der Waals surface area contributed by atoms with Gasteiger partial charge in [-0.05, 0) is 23.8 Å². The van der Waals surface area contributed by atoms with Crippen LogP contribution in [0, 0.1) is 11.3 Å². The zero-order valence-electron chi connectivity index (χ0n) is 9.83. The van der Waals surface area contributed by atoms with Gasteiger partial charge >= 0.3 is 0 Å². The van der Waals surface area contributed by atoms with Crippen molar-refractivity contribution in [2.24, 2.45) is 0 Å². The second-order valence-corrected chi connectivity index (χ2v) is 5.13. The minimum atomic E-state index is -0.500. The van der Waals surface area contributed by atoms with E-state index in [4.69, 9.17) is 0 Å². The fourth-order valence-corrected chi connectivity index (χ4v) is 2.97. The Labute approximate surface area is 113 Å². The maximum atomic E-state index is 11.3. The van der Waals surface area contributed by atoms with Crippen molar-refractivity contribution in [1.82, 2.24) is 9.97 Å². The largest absolute Gasteiger partial charge is 0.329 e. The molecule has 2 aromatic heterocycles. The second-order valence-electron chi connectivity index (χ2n) is 4.07. The molecule has 2 heterocycles. The summed E-state index contributed by atoms with van der Waals surface area (Å²) in [5.74, 6) is -0.500. The summed E-state index contributed by atoms with van der Waals surface area (Å²) in [6.07, 6.45) is 1.55. The normalized spacial score (nSPS) is 12.2. The van der Waals surface area contributed by atoms with Crippen LogP contribution < -0.4 is 5.56 Å². The van der Waals surface area contributed by atoms with Gasteiger partial charge in [0.2, 0.25) is 5.56 Å². The lowest BCUT2D eigenvalue weighted by Gasteiger charge is -2.04. The van der Waals surface area contributed by atoms with Crippen molar-refractivity contribution in [3.8, 4) is 6.07 Å². The molecule has 0 spiro atoms. The lowest BCUT2D eigenvalue weighted by molar-refractivity contribution is 1.00. The van der Waals surface area contributed by atoms with Crippen LogP contribution in [0.1, 0.15) is 16.5 Å². The number of hydrogen-bond donors (Lipinski definition) is 1. The van der Waals surface area contributed by atoms with Crippen LogP contribution in [-0.2, 0) is 0 Å². The van der Waals surface area contributed by atoms with Gasteiger partial charge < -0.3 is 4.98 Å². The van der Waals surface area contributed by atoms with Crippen molar-refractivity contribution in [3.63, 3.8) is 0 Å². The first-order valence-corrected chi connectivity index (χ1v) is 6.53. The summed E-state index contributed by atoms with van der Waals surface area (Å²) in [5.41, 5.74) is 1.34. The highest BCUT2D eigenvalue weighted by Gasteiger charge is 2.18. The highest BCUT2D eigenvalue weighted by molar-refractivity contribution is 7.18. The maximum Gasteiger partial charge on any atom is 0.248 e. The average molecular weight is 267 g/mol. The third-order valence-electron chi connectivity index (χ3n) is 2.82. The zero-order valence-corrected chi connectivity index (χ0v) is 10.6. The number of rotatable bonds is 2. The average Bonchev–Trinajstić information content (AvgIpc) is 2.83. The van der Waals surface area contributed by atoms with Crippen LogP contribution in [0.3, 0.4) is 0 Å². The summed E-state index contributed by atoms with van der Waals surface area (Å²) in [6, 6.07) is 13.2. The molecule has 1 N–H and O–H groups in total. The van der Waals surface area contributed by atoms with E-state index in [0.717, 1.165) is 10.2 Å². The molecule has 0 amide bonds. The van der Waals surface area contributed by atoms with Crippen molar-refractivity contribution in [2.45, 2.75) is 5.92 Å². The molecule has 0 saturated carbocycles. The van der Waals surface area contributed by atoms with E-state index < -0.39 is 5.92 Å². The Morgan fingerprint density at radius 2 is 2.16 bits per heavy atom. The Hall–Kier alpha value is -2.45. The first kappa shape index (κ1) is 11.6. The minimum absolute atomic E-state index is 0.209. The van der Waals surface area contributed by atoms with Gasteiger partial charge in [-0.3, -0.25) is 4.79 Å². The molecule has 0 aliphatic carbocycles. The van der Waals surface area contributed by atoms with Crippen molar-refractivity contribution < 1.29 is 0 Å². The number of para-hydroxylation sites is 1. The molecule has 1 aromatic carbocycles. The van der Waals surface area contributed by atoms with Gasteiger partial charge in [0.05, 0.1) is 16.3 Å². The van der Waals surface area contributed by atoms with Crippen LogP contribution in [0.2, 0.25) is 0 Å². The van der Waals surface area contributed by atoms with E-state index in [9.17, 15) is 10.1 Å². The summed E-state index contributed by atoms with van der Waals surface area (Å²) in [4.78, 5) is 18.4. The molecule has 3 aromatic rings. The molecule has 0 aliphatic rings. The van der Waals surface area contributed by atoms with E-state index >= 15 is 0 Å². The monoisotopic (exact) mass is 267 g/mol. The molecule has 3 rings (SSSR count). The minimum Gasteiger partial charge on any atom is -0.329 e. The molecule has 0 fully saturated rings. The summed E-state index contributed by atoms with van der Waals surface area (Å²) in [5, 5.41) is 10.1. The number of nitriles is 1. The summed E-state index contributed by atoms with van der Waals surface area (Å²) in [6.45, 7) is 0. The summed E-state index contributed by atoms with van der Waals surface area (Å²) >= 11 is 1.48. The van der Waals surface area contributed by atoms with Gasteiger partial charge in [0.1, 0.15) is 10.9 Å². The Morgan fingerprint density at radius 1 is 1.32 bits per heavy atom. The number of benzene rings is 1. The maximum absolute atomic E-state index is 11.3. The molecule has 0 aliphatic heterocycles. The van der Waals surface area contributed by atoms with E-state index in [2.05, 4.69) is 16.0 Å². The first-order chi connectivity index (χ1) is 9.28. The molecular formula is C14H9N3OS. The Bertz CT molecular complexity index is 795. The van der Waals surface area contributed by atoms with Gasteiger partial charge in [-0.2, -0.15) is 5.26 Å². The Kier molecular flexibility index (Phi) is 2.86. The molecule has 0 bridgehead atoms. The van der Waals surface area contributed by atoms with E-state index in [1.807, 2.05) is 24.3 Å². The number of thiazole rings is 1. The van der Waals surface area contributed by atoms with E-state index in [0.29, 0.717) is 10.6 Å². The topological polar surface area (TPSA) is 69.5 Å². The molecule has 19 heavy (non-hydrogen) atoms.